The maximum atomic E-state index is 12.7. The number of fused-ring (bicyclic) bond motifs is 2. The molecule has 0 aliphatic carbocycles. The van der Waals surface area contributed by atoms with E-state index >= 15 is 0 Å². The first-order valence-electron chi connectivity index (χ1n) is 9.98. The number of piperidine rings is 1. The summed E-state index contributed by atoms with van der Waals surface area (Å²) < 4.78 is 21.7. The number of esters is 1. The maximum Gasteiger partial charge on any atom is 0.338 e. The molecule has 0 spiro atoms. The average molecular weight is 397 g/mol. The van der Waals surface area contributed by atoms with Crippen LogP contribution < -0.4 is 19.1 Å². The molecule has 2 aliphatic rings. The SMILES string of the molecule is COc1ccc(N2C3CC[C@@H]2CC(OC(=O)c2ccc(OC)c(OC)c2)C3)cc1. The van der Waals surface area contributed by atoms with Crippen LogP contribution in [0.3, 0.4) is 0 Å². The summed E-state index contributed by atoms with van der Waals surface area (Å²) in [5, 5.41) is 0. The van der Waals surface area contributed by atoms with Gasteiger partial charge in [-0.2, -0.15) is 0 Å². The lowest BCUT2D eigenvalue weighted by Crippen LogP contribution is -2.46. The van der Waals surface area contributed by atoms with E-state index in [0.717, 1.165) is 31.4 Å². The van der Waals surface area contributed by atoms with E-state index in [4.69, 9.17) is 18.9 Å². The third-order valence-electron chi connectivity index (χ3n) is 5.95. The van der Waals surface area contributed by atoms with Crippen LogP contribution in [0.25, 0.3) is 0 Å². The molecule has 2 unspecified atom stereocenters. The van der Waals surface area contributed by atoms with Crippen LogP contribution in [-0.2, 0) is 4.74 Å². The standard InChI is InChI=1S/C23H27NO5/c1-26-19-9-7-16(8-10-19)24-17-5-6-18(24)14-20(13-17)29-23(25)15-4-11-21(27-2)22(12-15)28-3/h4,7-12,17-18,20H,5-6,13-14H2,1-3H3/t17-,18?,20?/m1/s1. The molecule has 0 radical (unpaired) electrons. The fraction of sp³-hybridized carbons (Fsp3) is 0.435. The first kappa shape index (κ1) is 19.4. The molecule has 2 bridgehead atoms. The average Bonchev–Trinajstić information content (AvgIpc) is 3.03. The minimum Gasteiger partial charge on any atom is -0.497 e. The second kappa shape index (κ2) is 8.23. The molecule has 0 N–H and O–H groups in total. The van der Waals surface area contributed by atoms with Gasteiger partial charge in [-0.05, 0) is 55.3 Å². The van der Waals surface area contributed by atoms with Crippen LogP contribution in [0.2, 0.25) is 0 Å². The number of ether oxygens (including phenoxy) is 4. The molecule has 29 heavy (non-hydrogen) atoms. The first-order chi connectivity index (χ1) is 14.1. The predicted molar refractivity (Wildman–Crippen MR) is 110 cm³/mol. The Morgan fingerprint density at radius 2 is 1.52 bits per heavy atom. The Balaban J connectivity index is 1.43. The van der Waals surface area contributed by atoms with Gasteiger partial charge in [0, 0.05) is 30.6 Å². The Kier molecular flexibility index (Phi) is 5.51. The zero-order valence-corrected chi connectivity index (χ0v) is 17.1. The van der Waals surface area contributed by atoms with Crippen LogP contribution in [0, 0.1) is 0 Å². The number of anilines is 1. The van der Waals surface area contributed by atoms with Crippen molar-refractivity contribution < 1.29 is 23.7 Å². The van der Waals surface area contributed by atoms with Crippen molar-refractivity contribution in [3.8, 4) is 17.2 Å². The van der Waals surface area contributed by atoms with Crippen molar-refractivity contribution in [3.05, 3.63) is 48.0 Å². The molecule has 154 valence electrons. The van der Waals surface area contributed by atoms with Crippen LogP contribution in [0.4, 0.5) is 5.69 Å². The molecule has 6 nitrogen and oxygen atoms in total. The van der Waals surface area contributed by atoms with Crippen molar-refractivity contribution in [3.63, 3.8) is 0 Å². The summed E-state index contributed by atoms with van der Waals surface area (Å²) in [5.41, 5.74) is 1.69. The summed E-state index contributed by atoms with van der Waals surface area (Å²) in [6.45, 7) is 0. The number of carbonyl (C=O) groups is 1. The van der Waals surface area contributed by atoms with Crippen LogP contribution in [0.1, 0.15) is 36.0 Å². The molecular weight excluding hydrogens is 370 g/mol. The van der Waals surface area contributed by atoms with E-state index in [-0.39, 0.29) is 12.1 Å². The number of rotatable bonds is 6. The Bertz CT molecular complexity index is 852. The van der Waals surface area contributed by atoms with Crippen LogP contribution in [0.15, 0.2) is 42.5 Å². The molecule has 2 heterocycles. The summed E-state index contributed by atoms with van der Waals surface area (Å²) in [6, 6.07) is 14.1. The lowest BCUT2D eigenvalue weighted by molar-refractivity contribution is 0.0204. The highest BCUT2D eigenvalue weighted by molar-refractivity contribution is 5.90. The number of nitrogens with zero attached hydrogens (tertiary/aromatic N) is 1. The van der Waals surface area contributed by atoms with E-state index in [9.17, 15) is 4.79 Å². The van der Waals surface area contributed by atoms with Gasteiger partial charge < -0.3 is 23.8 Å². The lowest BCUT2D eigenvalue weighted by Gasteiger charge is -2.40. The Labute approximate surface area is 171 Å². The highest BCUT2D eigenvalue weighted by Gasteiger charge is 2.42. The number of hydrogen-bond acceptors (Lipinski definition) is 6. The Morgan fingerprint density at radius 3 is 2.10 bits per heavy atom. The van der Waals surface area contributed by atoms with Gasteiger partial charge >= 0.3 is 5.97 Å². The van der Waals surface area contributed by atoms with Crippen molar-refractivity contribution in [1.29, 1.82) is 0 Å². The van der Waals surface area contributed by atoms with Crippen molar-refractivity contribution in [2.45, 2.75) is 43.9 Å². The van der Waals surface area contributed by atoms with Crippen molar-refractivity contribution in [1.82, 2.24) is 0 Å². The molecule has 2 fully saturated rings. The smallest absolute Gasteiger partial charge is 0.338 e. The third kappa shape index (κ3) is 3.84. The fourth-order valence-electron chi connectivity index (χ4n) is 4.58. The molecule has 0 amide bonds. The van der Waals surface area contributed by atoms with E-state index in [2.05, 4.69) is 17.0 Å². The number of hydrogen-bond donors (Lipinski definition) is 0. The maximum absolute atomic E-state index is 12.7. The Hall–Kier alpha value is -2.89. The molecule has 3 atom stereocenters. The summed E-state index contributed by atoms with van der Waals surface area (Å²) in [7, 11) is 4.80. The molecule has 0 saturated carbocycles. The minimum atomic E-state index is -0.312. The van der Waals surface area contributed by atoms with Gasteiger partial charge in [-0.3, -0.25) is 0 Å². The van der Waals surface area contributed by atoms with E-state index in [0.29, 0.717) is 29.1 Å². The van der Waals surface area contributed by atoms with Crippen molar-refractivity contribution in [2.75, 3.05) is 26.2 Å². The fourth-order valence-corrected chi connectivity index (χ4v) is 4.58. The van der Waals surface area contributed by atoms with Gasteiger partial charge in [0.15, 0.2) is 11.5 Å². The topological polar surface area (TPSA) is 57.2 Å². The molecule has 4 rings (SSSR count). The minimum absolute atomic E-state index is 0.0670. The number of carbonyl (C=O) groups excluding carboxylic acids is 1. The largest absolute Gasteiger partial charge is 0.497 e. The summed E-state index contributed by atoms with van der Waals surface area (Å²) in [5.74, 6) is 1.67. The van der Waals surface area contributed by atoms with E-state index in [1.165, 1.54) is 5.69 Å². The zero-order chi connectivity index (χ0) is 20.4. The van der Waals surface area contributed by atoms with Gasteiger partial charge in [-0.25, -0.2) is 4.79 Å². The van der Waals surface area contributed by atoms with Gasteiger partial charge in [0.25, 0.3) is 0 Å². The van der Waals surface area contributed by atoms with E-state index in [1.807, 2.05) is 12.1 Å². The molecular formula is C23H27NO5. The molecule has 2 aliphatic heterocycles. The Morgan fingerprint density at radius 1 is 0.862 bits per heavy atom. The second-order valence-electron chi connectivity index (χ2n) is 7.56. The first-order valence-corrected chi connectivity index (χ1v) is 9.98. The summed E-state index contributed by atoms with van der Waals surface area (Å²) >= 11 is 0. The van der Waals surface area contributed by atoms with E-state index < -0.39 is 0 Å². The van der Waals surface area contributed by atoms with Gasteiger partial charge in [-0.15, -0.1) is 0 Å². The number of benzene rings is 2. The number of methoxy groups -OCH3 is 3. The molecule has 2 saturated heterocycles. The second-order valence-corrected chi connectivity index (χ2v) is 7.56. The van der Waals surface area contributed by atoms with Gasteiger partial charge in [0.1, 0.15) is 11.9 Å². The lowest BCUT2D eigenvalue weighted by atomic mass is 9.98. The highest BCUT2D eigenvalue weighted by Crippen LogP contribution is 2.41. The molecule has 0 aromatic heterocycles. The molecule has 6 heteroatoms. The van der Waals surface area contributed by atoms with Crippen molar-refractivity contribution >= 4 is 11.7 Å². The third-order valence-corrected chi connectivity index (χ3v) is 5.95. The zero-order valence-electron chi connectivity index (χ0n) is 17.1. The van der Waals surface area contributed by atoms with Crippen LogP contribution in [0.5, 0.6) is 17.2 Å². The van der Waals surface area contributed by atoms with Gasteiger partial charge in [-0.1, -0.05) is 0 Å². The van der Waals surface area contributed by atoms with Crippen molar-refractivity contribution in [2.24, 2.45) is 0 Å². The van der Waals surface area contributed by atoms with Gasteiger partial charge in [0.05, 0.1) is 26.9 Å². The quantitative estimate of drug-likeness (QED) is 0.685. The highest BCUT2D eigenvalue weighted by atomic mass is 16.5. The molecule has 2 aromatic rings. The van der Waals surface area contributed by atoms with Crippen LogP contribution in [-0.4, -0.2) is 45.5 Å². The van der Waals surface area contributed by atoms with E-state index in [1.54, 1.807) is 39.5 Å². The predicted octanol–water partition coefficient (Wildman–Crippen LogP) is 4.07. The van der Waals surface area contributed by atoms with Crippen LogP contribution >= 0.6 is 0 Å². The molecule has 2 aromatic carbocycles. The summed E-state index contributed by atoms with van der Waals surface area (Å²) in [4.78, 5) is 15.2. The monoisotopic (exact) mass is 397 g/mol. The van der Waals surface area contributed by atoms with Gasteiger partial charge in [0.2, 0.25) is 0 Å². The normalized spacial score (nSPS) is 22.9. The summed E-state index contributed by atoms with van der Waals surface area (Å²) in [6.07, 6.45) is 3.88.